The molecular formula is C20H28N2O4. The van der Waals surface area contributed by atoms with Crippen LogP contribution in [0.2, 0.25) is 0 Å². The van der Waals surface area contributed by atoms with Crippen LogP contribution >= 0.6 is 0 Å². The highest BCUT2D eigenvalue weighted by molar-refractivity contribution is 5.69. The van der Waals surface area contributed by atoms with E-state index >= 15 is 0 Å². The van der Waals surface area contributed by atoms with Crippen LogP contribution in [0.3, 0.4) is 0 Å². The van der Waals surface area contributed by atoms with Gasteiger partial charge in [0.05, 0.1) is 6.54 Å². The summed E-state index contributed by atoms with van der Waals surface area (Å²) in [6, 6.07) is 7.87. The second kappa shape index (κ2) is 7.74. The third kappa shape index (κ3) is 4.06. The minimum Gasteiger partial charge on any atom is -0.486 e. The van der Waals surface area contributed by atoms with Crippen LogP contribution in [0.4, 0.5) is 4.79 Å². The second-order valence-electron chi connectivity index (χ2n) is 7.67. The van der Waals surface area contributed by atoms with Gasteiger partial charge in [-0.3, -0.25) is 4.90 Å². The smallest absolute Gasteiger partial charge is 0.410 e. The fourth-order valence-corrected chi connectivity index (χ4v) is 4.09. The Hall–Kier alpha value is -1.95. The maximum absolute atomic E-state index is 11.7. The average molecular weight is 360 g/mol. The lowest BCUT2D eigenvalue weighted by Crippen LogP contribution is -2.44. The van der Waals surface area contributed by atoms with Crippen LogP contribution in [0.25, 0.3) is 0 Å². The average Bonchev–Trinajstić information content (AvgIpc) is 2.98. The molecule has 1 unspecified atom stereocenters. The van der Waals surface area contributed by atoms with Gasteiger partial charge in [-0.2, -0.15) is 0 Å². The van der Waals surface area contributed by atoms with Gasteiger partial charge in [-0.1, -0.05) is 12.1 Å². The Morgan fingerprint density at radius 1 is 1.12 bits per heavy atom. The molecule has 0 spiro atoms. The van der Waals surface area contributed by atoms with Crippen LogP contribution in [0, 0.1) is 5.92 Å². The quantitative estimate of drug-likeness (QED) is 0.808. The number of carbonyl (C=O) groups excluding carboxylic acids is 1. The number of amides is 1. The number of ether oxygens (including phenoxy) is 3. The van der Waals surface area contributed by atoms with Gasteiger partial charge in [-0.15, -0.1) is 0 Å². The number of carbonyl (C=O) groups is 1. The van der Waals surface area contributed by atoms with Crippen LogP contribution in [0.5, 0.6) is 11.5 Å². The molecule has 1 amide bonds. The zero-order chi connectivity index (χ0) is 17.9. The summed E-state index contributed by atoms with van der Waals surface area (Å²) in [5, 5.41) is 0. The fraction of sp³-hybridized carbons (Fsp3) is 0.650. The predicted molar refractivity (Wildman–Crippen MR) is 97.7 cm³/mol. The first-order valence-electron chi connectivity index (χ1n) is 9.74. The number of cyclic esters (lactones) is 1. The minimum atomic E-state index is -0.148. The SMILES string of the molecule is CC1CN(CCC2CCN(C[C@H]3COc4ccccc4O3)CC2)C(=O)O1. The number of likely N-dealkylation sites (tertiary alicyclic amines) is 1. The van der Waals surface area contributed by atoms with Gasteiger partial charge in [0.2, 0.25) is 0 Å². The standard InChI is InChI=1S/C20H28N2O4/c1-15-12-22(20(23)25-15)11-8-16-6-9-21(10-7-16)13-17-14-24-18-4-2-3-5-19(18)26-17/h2-5,15-17H,6-14H2,1H3/t15?,17-/m0/s1. The number of rotatable bonds is 5. The van der Waals surface area contributed by atoms with Crippen LogP contribution in [-0.4, -0.2) is 67.4 Å². The largest absolute Gasteiger partial charge is 0.486 e. The Balaban J connectivity index is 1.18. The lowest BCUT2D eigenvalue weighted by Gasteiger charge is -2.36. The molecule has 26 heavy (non-hydrogen) atoms. The van der Waals surface area contributed by atoms with E-state index in [0.29, 0.717) is 12.5 Å². The van der Waals surface area contributed by atoms with Crippen LogP contribution < -0.4 is 9.47 Å². The topological polar surface area (TPSA) is 51.2 Å². The molecule has 2 saturated heterocycles. The number of piperidine rings is 1. The summed E-state index contributed by atoms with van der Waals surface area (Å²) in [5.41, 5.74) is 0. The Bertz CT molecular complexity index is 630. The van der Waals surface area contributed by atoms with Gasteiger partial charge in [0, 0.05) is 13.1 Å². The number of nitrogens with zero attached hydrogens (tertiary/aromatic N) is 2. The molecule has 0 N–H and O–H groups in total. The first-order valence-corrected chi connectivity index (χ1v) is 9.74. The van der Waals surface area contributed by atoms with Crippen molar-refractivity contribution in [1.82, 2.24) is 9.80 Å². The van der Waals surface area contributed by atoms with E-state index in [1.165, 1.54) is 12.8 Å². The molecular weight excluding hydrogens is 332 g/mol. The summed E-state index contributed by atoms with van der Waals surface area (Å²) in [5.74, 6) is 2.39. The summed E-state index contributed by atoms with van der Waals surface area (Å²) in [4.78, 5) is 16.0. The maximum atomic E-state index is 11.7. The zero-order valence-corrected chi connectivity index (χ0v) is 15.4. The van der Waals surface area contributed by atoms with E-state index in [0.717, 1.165) is 50.6 Å². The van der Waals surface area contributed by atoms with Crippen molar-refractivity contribution in [3.63, 3.8) is 0 Å². The van der Waals surface area contributed by atoms with E-state index in [-0.39, 0.29) is 18.3 Å². The van der Waals surface area contributed by atoms with Gasteiger partial charge in [-0.05, 0) is 57.3 Å². The van der Waals surface area contributed by atoms with Gasteiger partial charge in [0.15, 0.2) is 11.5 Å². The monoisotopic (exact) mass is 360 g/mol. The molecule has 0 aromatic heterocycles. The summed E-state index contributed by atoms with van der Waals surface area (Å²) in [7, 11) is 0. The molecule has 4 rings (SSSR count). The lowest BCUT2D eigenvalue weighted by atomic mass is 9.93. The molecule has 0 saturated carbocycles. The van der Waals surface area contributed by atoms with Gasteiger partial charge >= 0.3 is 6.09 Å². The molecule has 6 nitrogen and oxygen atoms in total. The van der Waals surface area contributed by atoms with Crippen molar-refractivity contribution in [3.05, 3.63) is 24.3 Å². The van der Waals surface area contributed by atoms with Crippen LogP contribution in [0.15, 0.2) is 24.3 Å². The van der Waals surface area contributed by atoms with Crippen molar-refractivity contribution in [1.29, 1.82) is 0 Å². The predicted octanol–water partition coefficient (Wildman–Crippen LogP) is 2.77. The first-order chi connectivity index (χ1) is 12.7. The maximum Gasteiger partial charge on any atom is 0.410 e. The van der Waals surface area contributed by atoms with Crippen molar-refractivity contribution in [2.75, 3.05) is 39.3 Å². The van der Waals surface area contributed by atoms with Gasteiger partial charge in [0.1, 0.15) is 18.8 Å². The fourth-order valence-electron chi connectivity index (χ4n) is 4.09. The number of hydrogen-bond acceptors (Lipinski definition) is 5. The van der Waals surface area contributed by atoms with Crippen LogP contribution in [-0.2, 0) is 4.74 Å². The highest BCUT2D eigenvalue weighted by Gasteiger charge is 2.30. The minimum absolute atomic E-state index is 0.0344. The lowest BCUT2D eigenvalue weighted by molar-refractivity contribution is 0.0467. The molecule has 6 heteroatoms. The molecule has 142 valence electrons. The zero-order valence-electron chi connectivity index (χ0n) is 15.4. The summed E-state index contributed by atoms with van der Waals surface area (Å²) < 4.78 is 17.1. The molecule has 0 bridgehead atoms. The van der Waals surface area contributed by atoms with E-state index in [2.05, 4.69) is 4.90 Å². The highest BCUT2D eigenvalue weighted by atomic mass is 16.6. The molecule has 3 heterocycles. The normalized spacial score (nSPS) is 26.8. The molecule has 0 aliphatic carbocycles. The summed E-state index contributed by atoms with van der Waals surface area (Å²) in [6.07, 6.45) is 3.43. The second-order valence-corrected chi connectivity index (χ2v) is 7.67. The van der Waals surface area contributed by atoms with Gasteiger partial charge in [0.25, 0.3) is 0 Å². The van der Waals surface area contributed by atoms with Crippen molar-refractivity contribution < 1.29 is 19.0 Å². The number of hydrogen-bond donors (Lipinski definition) is 0. The summed E-state index contributed by atoms with van der Waals surface area (Å²) in [6.45, 7) is 7.22. The van der Waals surface area contributed by atoms with Crippen LogP contribution in [0.1, 0.15) is 26.2 Å². The van der Waals surface area contributed by atoms with Gasteiger partial charge in [-0.25, -0.2) is 4.79 Å². The third-order valence-corrected chi connectivity index (χ3v) is 5.58. The number of para-hydroxylation sites is 2. The number of fused-ring (bicyclic) bond motifs is 1. The van der Waals surface area contributed by atoms with Crippen molar-refractivity contribution >= 4 is 6.09 Å². The Morgan fingerprint density at radius 3 is 2.62 bits per heavy atom. The van der Waals surface area contributed by atoms with E-state index in [9.17, 15) is 4.79 Å². The Kier molecular flexibility index (Phi) is 5.20. The van der Waals surface area contributed by atoms with E-state index in [1.54, 1.807) is 0 Å². The van der Waals surface area contributed by atoms with E-state index < -0.39 is 0 Å². The molecule has 3 aliphatic rings. The Morgan fingerprint density at radius 2 is 1.88 bits per heavy atom. The molecule has 2 fully saturated rings. The third-order valence-electron chi connectivity index (χ3n) is 5.58. The molecule has 1 aromatic carbocycles. The molecule has 2 atom stereocenters. The molecule has 0 radical (unpaired) electrons. The van der Waals surface area contributed by atoms with E-state index in [1.807, 2.05) is 36.1 Å². The van der Waals surface area contributed by atoms with Crippen molar-refractivity contribution in [2.24, 2.45) is 5.92 Å². The Labute approximate surface area is 155 Å². The number of benzene rings is 1. The van der Waals surface area contributed by atoms with E-state index in [4.69, 9.17) is 14.2 Å². The first kappa shape index (κ1) is 17.5. The summed E-state index contributed by atoms with van der Waals surface area (Å²) >= 11 is 0. The highest BCUT2D eigenvalue weighted by Crippen LogP contribution is 2.31. The van der Waals surface area contributed by atoms with Gasteiger partial charge < -0.3 is 19.1 Å². The molecule has 3 aliphatic heterocycles. The van der Waals surface area contributed by atoms with Crippen molar-refractivity contribution in [2.45, 2.75) is 38.4 Å². The van der Waals surface area contributed by atoms with Crippen molar-refractivity contribution in [3.8, 4) is 11.5 Å². The molecule has 1 aromatic rings.